The summed E-state index contributed by atoms with van der Waals surface area (Å²) in [5.41, 5.74) is 2.21. The predicted octanol–water partition coefficient (Wildman–Crippen LogP) is 5.63. The van der Waals surface area contributed by atoms with Gasteiger partial charge in [-0.3, -0.25) is 0 Å². The number of nitrogens with zero attached hydrogens (tertiary/aromatic N) is 1. The summed E-state index contributed by atoms with van der Waals surface area (Å²) in [5.74, 6) is 0. The molecule has 0 unspecified atom stereocenters. The van der Waals surface area contributed by atoms with E-state index in [9.17, 15) is 0 Å². The van der Waals surface area contributed by atoms with Crippen LogP contribution >= 0.6 is 23.2 Å². The Morgan fingerprint density at radius 3 is 2.57 bits per heavy atom. The maximum atomic E-state index is 6.32. The normalized spacial score (nSPS) is 13.6. The minimum Gasteiger partial charge on any atom is -0.310 e. The van der Waals surface area contributed by atoms with E-state index in [1.807, 2.05) is 18.2 Å². The van der Waals surface area contributed by atoms with E-state index >= 15 is 0 Å². The van der Waals surface area contributed by atoms with Crippen LogP contribution in [-0.2, 0) is 0 Å². The second-order valence-electron chi connectivity index (χ2n) is 6.69. The Balaban J connectivity index is 2.18. The van der Waals surface area contributed by atoms with Gasteiger partial charge in [0.05, 0.1) is 5.52 Å². The smallest absolute Gasteiger partial charge is 0.134 e. The van der Waals surface area contributed by atoms with Gasteiger partial charge in [-0.05, 0) is 49.6 Å². The van der Waals surface area contributed by atoms with Gasteiger partial charge in [-0.1, -0.05) is 44.0 Å². The Morgan fingerprint density at radius 2 is 1.90 bits per heavy atom. The van der Waals surface area contributed by atoms with Gasteiger partial charge >= 0.3 is 0 Å². The lowest BCUT2D eigenvalue weighted by Crippen LogP contribution is -2.24. The van der Waals surface area contributed by atoms with Crippen LogP contribution in [0.2, 0.25) is 10.2 Å². The van der Waals surface area contributed by atoms with Crippen molar-refractivity contribution in [1.29, 1.82) is 0 Å². The van der Waals surface area contributed by atoms with Crippen LogP contribution in [0.4, 0.5) is 0 Å². The highest BCUT2D eigenvalue weighted by Crippen LogP contribution is 2.27. The molecule has 1 aromatic heterocycles. The molecule has 21 heavy (non-hydrogen) atoms. The number of hydrogen-bond donors (Lipinski definition) is 1. The number of benzene rings is 1. The van der Waals surface area contributed by atoms with E-state index in [-0.39, 0.29) is 6.04 Å². The van der Waals surface area contributed by atoms with Crippen LogP contribution in [-0.4, -0.2) is 11.5 Å². The molecule has 0 aliphatic carbocycles. The van der Waals surface area contributed by atoms with E-state index < -0.39 is 0 Å². The van der Waals surface area contributed by atoms with Crippen LogP contribution in [0.5, 0.6) is 0 Å². The van der Waals surface area contributed by atoms with Gasteiger partial charge in [-0.15, -0.1) is 0 Å². The number of hydrogen-bond acceptors (Lipinski definition) is 2. The molecule has 2 rings (SSSR count). The molecule has 1 heterocycles. The van der Waals surface area contributed by atoms with Gasteiger partial charge in [-0.2, -0.15) is 0 Å². The van der Waals surface area contributed by atoms with Crippen molar-refractivity contribution in [2.24, 2.45) is 5.41 Å². The number of pyridine rings is 1. The first-order chi connectivity index (χ1) is 9.76. The third kappa shape index (κ3) is 4.57. The number of halogens is 2. The van der Waals surface area contributed by atoms with E-state index in [0.29, 0.717) is 15.6 Å². The van der Waals surface area contributed by atoms with Crippen LogP contribution in [0.1, 0.15) is 45.7 Å². The summed E-state index contributed by atoms with van der Waals surface area (Å²) in [6.07, 6.45) is 1.11. The lowest BCUT2D eigenvalue weighted by molar-refractivity contribution is 0.358. The largest absolute Gasteiger partial charge is 0.310 e. The summed E-state index contributed by atoms with van der Waals surface area (Å²) in [5, 5.41) is 5.81. The zero-order chi connectivity index (χ0) is 15.6. The molecule has 0 fully saturated rings. The van der Waals surface area contributed by atoms with E-state index in [0.717, 1.165) is 29.4 Å². The van der Waals surface area contributed by atoms with Crippen LogP contribution in [0.15, 0.2) is 24.3 Å². The molecule has 4 heteroatoms. The van der Waals surface area contributed by atoms with Gasteiger partial charge in [0.15, 0.2) is 0 Å². The molecule has 0 amide bonds. The van der Waals surface area contributed by atoms with E-state index in [4.69, 9.17) is 23.2 Å². The Kier molecular flexibility index (Phi) is 5.13. The quantitative estimate of drug-likeness (QED) is 0.737. The molecular weight excluding hydrogens is 303 g/mol. The Bertz CT molecular complexity index is 632. The molecule has 0 saturated carbocycles. The molecule has 0 radical (unpaired) electrons. The Hall–Kier alpha value is -0.830. The number of aromatic nitrogens is 1. The first kappa shape index (κ1) is 16.5. The van der Waals surface area contributed by atoms with Gasteiger partial charge in [0, 0.05) is 22.0 Å². The molecule has 0 saturated heterocycles. The van der Waals surface area contributed by atoms with Crippen molar-refractivity contribution >= 4 is 34.1 Å². The molecule has 0 spiro atoms. The summed E-state index contributed by atoms with van der Waals surface area (Å²) < 4.78 is 0. The number of nitrogens with one attached hydrogen (secondary N) is 1. The molecule has 2 aromatic rings. The first-order valence-electron chi connectivity index (χ1n) is 7.25. The van der Waals surface area contributed by atoms with Gasteiger partial charge < -0.3 is 5.32 Å². The minimum atomic E-state index is 0.163. The highest BCUT2D eigenvalue weighted by atomic mass is 35.5. The van der Waals surface area contributed by atoms with Crippen molar-refractivity contribution in [3.63, 3.8) is 0 Å². The van der Waals surface area contributed by atoms with Crippen molar-refractivity contribution in [3.8, 4) is 0 Å². The Morgan fingerprint density at radius 1 is 1.19 bits per heavy atom. The van der Waals surface area contributed by atoms with Crippen molar-refractivity contribution in [2.45, 2.75) is 40.2 Å². The zero-order valence-electron chi connectivity index (χ0n) is 13.0. The molecule has 2 nitrogen and oxygen atoms in total. The maximum absolute atomic E-state index is 6.32. The van der Waals surface area contributed by atoms with Crippen molar-refractivity contribution < 1.29 is 0 Å². The van der Waals surface area contributed by atoms with Crippen molar-refractivity contribution in [3.05, 3.63) is 40.0 Å². The van der Waals surface area contributed by atoms with E-state index in [1.165, 1.54) is 0 Å². The van der Waals surface area contributed by atoms with Gasteiger partial charge in [0.25, 0.3) is 0 Å². The molecule has 1 aromatic carbocycles. The van der Waals surface area contributed by atoms with E-state index in [1.54, 1.807) is 0 Å². The second-order valence-corrected chi connectivity index (χ2v) is 7.49. The molecule has 0 aliphatic heterocycles. The predicted molar refractivity (Wildman–Crippen MR) is 92.3 cm³/mol. The van der Waals surface area contributed by atoms with Crippen molar-refractivity contribution in [1.82, 2.24) is 10.3 Å². The summed E-state index contributed by atoms with van der Waals surface area (Å²) in [7, 11) is 0. The third-order valence-corrected chi connectivity index (χ3v) is 4.09. The standard InChI is InChI=1S/C17H22Cl2N2/c1-11(20-8-7-17(2,3)4)14-10-12-9-13(18)5-6-15(12)21-16(14)19/h5-6,9-11,20H,7-8H2,1-4H3/t11-/m0/s1. The molecule has 0 aliphatic rings. The molecule has 0 bridgehead atoms. The monoisotopic (exact) mass is 324 g/mol. The highest BCUT2D eigenvalue weighted by Gasteiger charge is 2.14. The average Bonchev–Trinajstić information content (AvgIpc) is 2.36. The lowest BCUT2D eigenvalue weighted by atomic mass is 9.92. The highest BCUT2D eigenvalue weighted by molar-refractivity contribution is 6.32. The maximum Gasteiger partial charge on any atom is 0.134 e. The summed E-state index contributed by atoms with van der Waals surface area (Å²) >= 11 is 12.4. The molecule has 1 N–H and O–H groups in total. The van der Waals surface area contributed by atoms with Gasteiger partial charge in [-0.25, -0.2) is 4.98 Å². The van der Waals surface area contributed by atoms with Crippen LogP contribution < -0.4 is 5.32 Å². The fourth-order valence-corrected chi connectivity index (χ4v) is 2.71. The zero-order valence-corrected chi connectivity index (χ0v) is 14.5. The van der Waals surface area contributed by atoms with Crippen molar-refractivity contribution in [2.75, 3.05) is 6.54 Å². The minimum absolute atomic E-state index is 0.163. The summed E-state index contributed by atoms with van der Waals surface area (Å²) in [6, 6.07) is 7.88. The third-order valence-electron chi connectivity index (χ3n) is 3.55. The SMILES string of the molecule is C[C@H](NCCC(C)(C)C)c1cc2cc(Cl)ccc2nc1Cl. The number of fused-ring (bicyclic) bond motifs is 1. The summed E-state index contributed by atoms with van der Waals surface area (Å²) in [4.78, 5) is 4.46. The van der Waals surface area contributed by atoms with Crippen LogP contribution in [0.3, 0.4) is 0 Å². The molecular formula is C17H22Cl2N2. The second kappa shape index (κ2) is 6.51. The fourth-order valence-electron chi connectivity index (χ4n) is 2.22. The van der Waals surface area contributed by atoms with Crippen LogP contribution in [0, 0.1) is 5.41 Å². The topological polar surface area (TPSA) is 24.9 Å². The number of rotatable bonds is 4. The Labute approximate surface area is 136 Å². The average molecular weight is 325 g/mol. The summed E-state index contributed by atoms with van der Waals surface area (Å²) in [6.45, 7) is 9.79. The molecule has 114 valence electrons. The first-order valence-corrected chi connectivity index (χ1v) is 8.01. The van der Waals surface area contributed by atoms with E-state index in [2.05, 4.69) is 44.1 Å². The lowest BCUT2D eigenvalue weighted by Gasteiger charge is -2.21. The van der Waals surface area contributed by atoms with Crippen LogP contribution in [0.25, 0.3) is 10.9 Å². The fraction of sp³-hybridized carbons (Fsp3) is 0.471. The molecule has 1 atom stereocenters. The van der Waals surface area contributed by atoms with Gasteiger partial charge in [0.1, 0.15) is 5.15 Å². The van der Waals surface area contributed by atoms with Gasteiger partial charge in [0.2, 0.25) is 0 Å².